The van der Waals surface area contributed by atoms with E-state index in [0.717, 1.165) is 34.7 Å². The lowest BCUT2D eigenvalue weighted by atomic mass is 9.97. The normalized spacial score (nSPS) is 12.6. The van der Waals surface area contributed by atoms with Crippen molar-refractivity contribution in [2.45, 2.75) is 12.8 Å². The van der Waals surface area contributed by atoms with E-state index >= 15 is 0 Å². The summed E-state index contributed by atoms with van der Waals surface area (Å²) in [4.78, 5) is 19.6. The van der Waals surface area contributed by atoms with Crippen molar-refractivity contribution in [2.75, 3.05) is 5.73 Å². The molecular weight excluding hydrogens is 236 g/mol. The number of anilines is 1. The van der Waals surface area contributed by atoms with Crippen molar-refractivity contribution in [3.63, 3.8) is 0 Å². The standard InChI is InChI=1S/C11H8N4OS/c12-4-5-3-6-7(14-10(5)16)1-2-8-9(6)15-11(13)17-8/h3H,1-2H2,(H2,13,15)(H,14,16). The fraction of sp³-hybridized carbons (Fsp3) is 0.182. The number of nitrogens with one attached hydrogen (secondary N) is 1. The Hall–Kier alpha value is -2.13. The molecule has 1 aliphatic rings. The van der Waals surface area contributed by atoms with Crippen LogP contribution in [0.5, 0.6) is 0 Å². The average Bonchev–Trinajstić information content (AvgIpc) is 2.69. The quantitative estimate of drug-likeness (QED) is 0.724. The van der Waals surface area contributed by atoms with Crippen molar-refractivity contribution in [1.29, 1.82) is 5.26 Å². The maximum absolute atomic E-state index is 11.5. The summed E-state index contributed by atoms with van der Waals surface area (Å²) in [5.41, 5.74) is 7.94. The van der Waals surface area contributed by atoms with E-state index in [1.165, 1.54) is 11.3 Å². The number of nitrogens with zero attached hydrogens (tertiary/aromatic N) is 2. The molecule has 3 N–H and O–H groups in total. The third-order valence-electron chi connectivity index (χ3n) is 2.81. The smallest absolute Gasteiger partial charge is 0.266 e. The Morgan fingerprint density at radius 2 is 2.35 bits per heavy atom. The highest BCUT2D eigenvalue weighted by atomic mass is 32.1. The maximum atomic E-state index is 11.5. The van der Waals surface area contributed by atoms with Gasteiger partial charge in [-0.2, -0.15) is 5.26 Å². The minimum Gasteiger partial charge on any atom is -0.375 e. The second kappa shape index (κ2) is 3.43. The Morgan fingerprint density at radius 3 is 3.12 bits per heavy atom. The van der Waals surface area contributed by atoms with Crippen LogP contribution < -0.4 is 11.3 Å². The Bertz CT molecular complexity index is 707. The molecule has 0 amide bonds. The predicted octanol–water partition coefficient (Wildman–Crippen LogP) is 1.05. The van der Waals surface area contributed by atoms with Gasteiger partial charge in [0.2, 0.25) is 0 Å². The van der Waals surface area contributed by atoms with Gasteiger partial charge < -0.3 is 10.7 Å². The van der Waals surface area contributed by atoms with Crippen LogP contribution in [-0.4, -0.2) is 9.97 Å². The van der Waals surface area contributed by atoms with E-state index in [1.807, 2.05) is 6.07 Å². The molecule has 0 radical (unpaired) electrons. The molecule has 17 heavy (non-hydrogen) atoms. The van der Waals surface area contributed by atoms with Crippen molar-refractivity contribution in [3.8, 4) is 17.3 Å². The molecule has 0 bridgehead atoms. The highest BCUT2D eigenvalue weighted by molar-refractivity contribution is 7.15. The number of hydrogen-bond acceptors (Lipinski definition) is 5. The summed E-state index contributed by atoms with van der Waals surface area (Å²) >= 11 is 1.46. The summed E-state index contributed by atoms with van der Waals surface area (Å²) in [6.45, 7) is 0. The molecule has 0 saturated heterocycles. The summed E-state index contributed by atoms with van der Waals surface area (Å²) in [5.74, 6) is 0. The van der Waals surface area contributed by atoms with E-state index < -0.39 is 0 Å². The first-order valence-corrected chi connectivity index (χ1v) is 5.92. The number of H-pyrrole nitrogens is 1. The Morgan fingerprint density at radius 1 is 1.53 bits per heavy atom. The minimum absolute atomic E-state index is 0.114. The number of nitrogens with two attached hydrogens (primary N) is 1. The van der Waals surface area contributed by atoms with Crippen LogP contribution >= 0.6 is 11.3 Å². The summed E-state index contributed by atoms with van der Waals surface area (Å²) in [7, 11) is 0. The molecule has 1 aliphatic carbocycles. The van der Waals surface area contributed by atoms with Gasteiger partial charge in [0.05, 0.1) is 5.69 Å². The number of aryl methyl sites for hydroxylation is 2. The first-order chi connectivity index (χ1) is 8.19. The van der Waals surface area contributed by atoms with E-state index in [2.05, 4.69) is 9.97 Å². The summed E-state index contributed by atoms with van der Waals surface area (Å²) in [6, 6.07) is 3.49. The zero-order valence-corrected chi connectivity index (χ0v) is 9.60. The maximum Gasteiger partial charge on any atom is 0.266 e. The monoisotopic (exact) mass is 244 g/mol. The predicted molar refractivity (Wildman–Crippen MR) is 64.7 cm³/mol. The number of aromatic amines is 1. The molecule has 0 spiro atoms. The van der Waals surface area contributed by atoms with Crippen molar-refractivity contribution in [2.24, 2.45) is 0 Å². The van der Waals surface area contributed by atoms with Gasteiger partial charge in [-0.25, -0.2) is 4.98 Å². The second-order valence-electron chi connectivity index (χ2n) is 3.84. The number of pyridine rings is 1. The van der Waals surface area contributed by atoms with Crippen LogP contribution in [-0.2, 0) is 12.8 Å². The van der Waals surface area contributed by atoms with Crippen LogP contribution in [0.15, 0.2) is 10.9 Å². The van der Waals surface area contributed by atoms with E-state index in [0.29, 0.717) is 5.13 Å². The zero-order chi connectivity index (χ0) is 12.0. The van der Waals surface area contributed by atoms with Crippen molar-refractivity contribution >= 4 is 16.5 Å². The van der Waals surface area contributed by atoms with E-state index in [4.69, 9.17) is 11.0 Å². The third kappa shape index (κ3) is 1.44. The topological polar surface area (TPSA) is 95.6 Å². The molecule has 2 heterocycles. The molecule has 2 aromatic heterocycles. The van der Waals surface area contributed by atoms with Gasteiger partial charge in [-0.3, -0.25) is 4.79 Å². The molecule has 0 aromatic carbocycles. The van der Waals surface area contributed by atoms with Crippen molar-refractivity contribution in [3.05, 3.63) is 32.6 Å². The van der Waals surface area contributed by atoms with E-state index in [1.54, 1.807) is 6.07 Å². The summed E-state index contributed by atoms with van der Waals surface area (Å²) in [5, 5.41) is 9.38. The molecule has 0 atom stereocenters. The van der Waals surface area contributed by atoms with Gasteiger partial charge in [0.1, 0.15) is 11.6 Å². The molecular formula is C11H8N4OS. The average molecular weight is 244 g/mol. The highest BCUT2D eigenvalue weighted by Gasteiger charge is 2.22. The first kappa shape index (κ1) is 10.1. The number of nitriles is 1. The van der Waals surface area contributed by atoms with Crippen LogP contribution in [0.25, 0.3) is 11.3 Å². The highest BCUT2D eigenvalue weighted by Crippen LogP contribution is 2.36. The van der Waals surface area contributed by atoms with Crippen LogP contribution in [0.1, 0.15) is 16.1 Å². The van der Waals surface area contributed by atoms with Crippen LogP contribution in [0.3, 0.4) is 0 Å². The molecule has 84 valence electrons. The van der Waals surface area contributed by atoms with Gasteiger partial charge in [0.15, 0.2) is 5.13 Å². The van der Waals surface area contributed by atoms with Gasteiger partial charge in [-0.05, 0) is 18.9 Å². The number of thiazole rings is 1. The van der Waals surface area contributed by atoms with E-state index in [-0.39, 0.29) is 11.1 Å². The fourth-order valence-corrected chi connectivity index (χ4v) is 2.89. The number of rotatable bonds is 0. The molecule has 0 unspecified atom stereocenters. The second-order valence-corrected chi connectivity index (χ2v) is 4.96. The van der Waals surface area contributed by atoms with Gasteiger partial charge in [-0.1, -0.05) is 0 Å². The summed E-state index contributed by atoms with van der Waals surface area (Å²) in [6.07, 6.45) is 1.59. The Labute approximate surface area is 101 Å². The third-order valence-corrected chi connectivity index (χ3v) is 3.76. The number of fused-ring (bicyclic) bond motifs is 3. The van der Waals surface area contributed by atoms with Crippen molar-refractivity contribution < 1.29 is 0 Å². The van der Waals surface area contributed by atoms with Crippen LogP contribution in [0, 0.1) is 11.3 Å². The molecule has 5 nitrogen and oxygen atoms in total. The zero-order valence-electron chi connectivity index (χ0n) is 8.78. The fourth-order valence-electron chi connectivity index (χ4n) is 2.05. The first-order valence-electron chi connectivity index (χ1n) is 5.11. The Balaban J connectivity index is 2.31. The van der Waals surface area contributed by atoms with Gasteiger partial charge in [-0.15, -0.1) is 11.3 Å². The van der Waals surface area contributed by atoms with Crippen LogP contribution in [0.4, 0.5) is 5.13 Å². The Kier molecular flexibility index (Phi) is 2.03. The molecule has 0 aliphatic heterocycles. The molecule has 3 rings (SSSR count). The number of nitrogen functional groups attached to an aromatic ring is 1. The SMILES string of the molecule is N#Cc1cc2c([nH]c1=O)CCc1sc(N)nc1-2. The van der Waals surface area contributed by atoms with E-state index in [9.17, 15) is 4.79 Å². The minimum atomic E-state index is -0.335. The molecule has 6 heteroatoms. The number of aromatic nitrogens is 2. The van der Waals surface area contributed by atoms with Crippen LogP contribution in [0.2, 0.25) is 0 Å². The lowest BCUT2D eigenvalue weighted by molar-refractivity contribution is 0.894. The number of hydrogen-bond donors (Lipinski definition) is 2. The molecule has 0 fully saturated rings. The largest absolute Gasteiger partial charge is 0.375 e. The van der Waals surface area contributed by atoms with Gasteiger partial charge >= 0.3 is 0 Å². The van der Waals surface area contributed by atoms with Gasteiger partial charge in [0.25, 0.3) is 5.56 Å². The lowest BCUT2D eigenvalue weighted by Crippen LogP contribution is -2.16. The summed E-state index contributed by atoms with van der Waals surface area (Å²) < 4.78 is 0. The molecule has 0 saturated carbocycles. The lowest BCUT2D eigenvalue weighted by Gasteiger charge is -2.14. The molecule has 2 aromatic rings. The van der Waals surface area contributed by atoms with Crippen molar-refractivity contribution in [1.82, 2.24) is 9.97 Å². The van der Waals surface area contributed by atoms with Gasteiger partial charge in [0, 0.05) is 16.1 Å².